The lowest BCUT2D eigenvalue weighted by atomic mass is 10.2. The Morgan fingerprint density at radius 1 is 1.00 bits per heavy atom. The monoisotopic (exact) mass is 459 g/mol. The lowest BCUT2D eigenvalue weighted by Gasteiger charge is -2.13. The van der Waals surface area contributed by atoms with Gasteiger partial charge in [-0.2, -0.15) is 0 Å². The lowest BCUT2D eigenvalue weighted by molar-refractivity contribution is -0.121. The van der Waals surface area contributed by atoms with Gasteiger partial charge < -0.3 is 18.9 Å². The topological polar surface area (TPSA) is 57.2 Å². The Morgan fingerprint density at radius 3 is 2.48 bits per heavy atom. The normalized spacial score (nSPS) is 14.8. The molecule has 1 fully saturated rings. The average Bonchev–Trinajstić information content (AvgIpc) is 3.04. The van der Waals surface area contributed by atoms with Crippen LogP contribution in [0.15, 0.2) is 47.4 Å². The van der Waals surface area contributed by atoms with E-state index in [-0.39, 0.29) is 5.91 Å². The van der Waals surface area contributed by atoms with Crippen LogP contribution in [0.25, 0.3) is 6.08 Å². The molecule has 0 radical (unpaired) electrons. The fraction of sp³-hybridized carbons (Fsp3) is 0.304. The molecule has 164 valence electrons. The molecule has 0 N–H and O–H groups in total. The quantitative estimate of drug-likeness (QED) is 0.288. The van der Waals surface area contributed by atoms with E-state index in [0.29, 0.717) is 52.8 Å². The molecule has 31 heavy (non-hydrogen) atoms. The number of benzene rings is 2. The van der Waals surface area contributed by atoms with Crippen LogP contribution in [0.2, 0.25) is 0 Å². The SMILES string of the molecule is CCOc1cc(/C=C2\SC(=S)N(CC)C2=O)ccc1OCCOc1cccc(OC)c1. The highest BCUT2D eigenvalue weighted by Gasteiger charge is 2.30. The van der Waals surface area contributed by atoms with Crippen LogP contribution in [-0.4, -0.2) is 48.6 Å². The largest absolute Gasteiger partial charge is 0.497 e. The maximum atomic E-state index is 12.4. The van der Waals surface area contributed by atoms with Crippen LogP contribution in [0.3, 0.4) is 0 Å². The number of rotatable bonds is 10. The number of hydrogen-bond acceptors (Lipinski definition) is 7. The van der Waals surface area contributed by atoms with E-state index < -0.39 is 0 Å². The molecule has 1 heterocycles. The standard InChI is InChI=1S/C23H25NO5S2/c1-4-24-22(25)21(31-23(24)30)14-16-9-10-19(20(13-16)27-5-2)29-12-11-28-18-8-6-7-17(15-18)26-3/h6-10,13-15H,4-5,11-12H2,1-3H3/b21-14-. The van der Waals surface area contributed by atoms with Crippen molar-refractivity contribution in [3.63, 3.8) is 0 Å². The predicted molar refractivity (Wildman–Crippen MR) is 127 cm³/mol. The average molecular weight is 460 g/mol. The molecule has 1 amide bonds. The van der Waals surface area contributed by atoms with Crippen molar-refractivity contribution in [2.24, 2.45) is 0 Å². The summed E-state index contributed by atoms with van der Waals surface area (Å²) < 4.78 is 23.1. The molecule has 2 aromatic rings. The Hall–Kier alpha value is -2.71. The number of likely N-dealkylation sites (N-methyl/N-ethyl adjacent to an activating group) is 1. The van der Waals surface area contributed by atoms with Gasteiger partial charge in [-0.05, 0) is 49.8 Å². The smallest absolute Gasteiger partial charge is 0.266 e. The number of hydrogen-bond donors (Lipinski definition) is 0. The van der Waals surface area contributed by atoms with Gasteiger partial charge in [-0.25, -0.2) is 0 Å². The van der Waals surface area contributed by atoms with E-state index in [0.717, 1.165) is 11.3 Å². The third-order valence-corrected chi connectivity index (χ3v) is 5.78. The second-order valence-corrected chi connectivity index (χ2v) is 8.12. The second-order valence-electron chi connectivity index (χ2n) is 6.44. The second kappa shape index (κ2) is 11.1. The fourth-order valence-corrected chi connectivity index (χ4v) is 4.31. The van der Waals surface area contributed by atoms with Crippen molar-refractivity contribution in [1.82, 2.24) is 4.90 Å². The number of carbonyl (C=O) groups excluding carboxylic acids is 1. The molecule has 1 aliphatic rings. The van der Waals surface area contributed by atoms with Crippen molar-refractivity contribution in [2.45, 2.75) is 13.8 Å². The van der Waals surface area contributed by atoms with Gasteiger partial charge in [0.2, 0.25) is 0 Å². The van der Waals surface area contributed by atoms with Crippen LogP contribution in [0.4, 0.5) is 0 Å². The molecule has 1 aliphatic heterocycles. The minimum atomic E-state index is -0.0644. The van der Waals surface area contributed by atoms with Crippen molar-refractivity contribution in [3.8, 4) is 23.0 Å². The molecule has 0 atom stereocenters. The van der Waals surface area contributed by atoms with E-state index >= 15 is 0 Å². The van der Waals surface area contributed by atoms with Crippen LogP contribution in [-0.2, 0) is 4.79 Å². The lowest BCUT2D eigenvalue weighted by Crippen LogP contribution is -2.27. The van der Waals surface area contributed by atoms with Gasteiger partial charge in [-0.1, -0.05) is 36.1 Å². The minimum absolute atomic E-state index is 0.0644. The third-order valence-electron chi connectivity index (χ3n) is 4.41. The molecular weight excluding hydrogens is 434 g/mol. The molecule has 6 nitrogen and oxygen atoms in total. The number of ether oxygens (including phenoxy) is 4. The first-order valence-corrected chi connectivity index (χ1v) is 11.2. The fourth-order valence-electron chi connectivity index (χ4n) is 2.93. The van der Waals surface area contributed by atoms with Gasteiger partial charge in [0.05, 0.1) is 18.6 Å². The molecule has 8 heteroatoms. The van der Waals surface area contributed by atoms with Gasteiger partial charge in [0.15, 0.2) is 11.5 Å². The zero-order chi connectivity index (χ0) is 22.2. The highest BCUT2D eigenvalue weighted by atomic mass is 32.2. The minimum Gasteiger partial charge on any atom is -0.497 e. The molecule has 2 aromatic carbocycles. The Labute approximate surface area is 192 Å². The molecule has 1 saturated heterocycles. The van der Waals surface area contributed by atoms with Crippen molar-refractivity contribution in [3.05, 3.63) is 52.9 Å². The van der Waals surface area contributed by atoms with E-state index in [1.54, 1.807) is 12.0 Å². The third kappa shape index (κ3) is 5.92. The highest BCUT2D eigenvalue weighted by Crippen LogP contribution is 2.34. The van der Waals surface area contributed by atoms with Crippen LogP contribution >= 0.6 is 24.0 Å². The summed E-state index contributed by atoms with van der Waals surface area (Å²) in [7, 11) is 1.62. The van der Waals surface area contributed by atoms with Crippen LogP contribution in [0.5, 0.6) is 23.0 Å². The number of carbonyl (C=O) groups is 1. The Bertz CT molecular complexity index is 976. The summed E-state index contributed by atoms with van der Waals surface area (Å²) in [5.41, 5.74) is 0.847. The molecule has 0 spiro atoms. The van der Waals surface area contributed by atoms with Crippen molar-refractivity contribution < 1.29 is 23.7 Å². The van der Waals surface area contributed by atoms with Crippen molar-refractivity contribution in [1.29, 1.82) is 0 Å². The summed E-state index contributed by atoms with van der Waals surface area (Å²) in [6.45, 7) is 5.61. The zero-order valence-corrected chi connectivity index (χ0v) is 19.4. The molecule has 3 rings (SSSR count). The first-order chi connectivity index (χ1) is 15.0. The summed E-state index contributed by atoms with van der Waals surface area (Å²) in [5, 5.41) is 0. The highest BCUT2D eigenvalue weighted by molar-refractivity contribution is 8.26. The number of thiocarbonyl (C=S) groups is 1. The van der Waals surface area contributed by atoms with Crippen molar-refractivity contribution >= 4 is 40.3 Å². The number of methoxy groups -OCH3 is 1. The maximum Gasteiger partial charge on any atom is 0.266 e. The van der Waals surface area contributed by atoms with Gasteiger partial charge in [0.25, 0.3) is 5.91 Å². The Kier molecular flexibility index (Phi) is 8.20. The van der Waals surface area contributed by atoms with Gasteiger partial charge >= 0.3 is 0 Å². The molecule has 0 aliphatic carbocycles. The zero-order valence-electron chi connectivity index (χ0n) is 17.8. The number of thioether (sulfide) groups is 1. The van der Waals surface area contributed by atoms with Crippen LogP contribution < -0.4 is 18.9 Å². The van der Waals surface area contributed by atoms with E-state index in [2.05, 4.69) is 0 Å². The van der Waals surface area contributed by atoms with Gasteiger partial charge in [-0.15, -0.1) is 0 Å². The van der Waals surface area contributed by atoms with Crippen LogP contribution in [0, 0.1) is 0 Å². The molecule has 0 unspecified atom stereocenters. The van der Waals surface area contributed by atoms with E-state index in [9.17, 15) is 4.79 Å². The number of amides is 1. The van der Waals surface area contributed by atoms with Crippen LogP contribution in [0.1, 0.15) is 19.4 Å². The van der Waals surface area contributed by atoms with Gasteiger partial charge in [0.1, 0.15) is 29.0 Å². The molecule has 0 saturated carbocycles. The first-order valence-electron chi connectivity index (χ1n) is 9.97. The number of nitrogens with zero attached hydrogens (tertiary/aromatic N) is 1. The summed E-state index contributed by atoms with van der Waals surface area (Å²) >= 11 is 6.58. The molecular formula is C23H25NO5S2. The Balaban J connectivity index is 1.64. The van der Waals surface area contributed by atoms with Gasteiger partial charge in [0, 0.05) is 12.6 Å². The molecule has 0 bridgehead atoms. The summed E-state index contributed by atoms with van der Waals surface area (Å²) in [5.74, 6) is 2.62. The van der Waals surface area contributed by atoms with E-state index in [1.807, 2.05) is 62.4 Å². The summed E-state index contributed by atoms with van der Waals surface area (Å²) in [4.78, 5) is 14.6. The first kappa shape index (κ1) is 23.0. The van der Waals surface area contributed by atoms with E-state index in [1.165, 1.54) is 11.8 Å². The maximum absolute atomic E-state index is 12.4. The van der Waals surface area contributed by atoms with E-state index in [4.69, 9.17) is 31.2 Å². The van der Waals surface area contributed by atoms with Crippen molar-refractivity contribution in [2.75, 3.05) is 33.5 Å². The summed E-state index contributed by atoms with van der Waals surface area (Å²) in [6, 6.07) is 13.0. The predicted octanol–water partition coefficient (Wildman–Crippen LogP) is 4.77. The molecule has 0 aromatic heterocycles. The summed E-state index contributed by atoms with van der Waals surface area (Å²) in [6.07, 6.45) is 1.83. The van der Waals surface area contributed by atoms with Gasteiger partial charge in [-0.3, -0.25) is 9.69 Å². The Morgan fingerprint density at radius 2 is 1.77 bits per heavy atom.